The third-order valence-electron chi connectivity index (χ3n) is 1.93. The maximum atomic E-state index is 11.8. The van der Waals surface area contributed by atoms with Gasteiger partial charge in [-0.1, -0.05) is 6.08 Å². The molecule has 1 aromatic heterocycles. The summed E-state index contributed by atoms with van der Waals surface area (Å²) in [5.74, 6) is -1.13. The van der Waals surface area contributed by atoms with Crippen LogP contribution < -0.4 is 4.72 Å². The summed E-state index contributed by atoms with van der Waals surface area (Å²) in [5.41, 5.74) is 0. The largest absolute Gasteiger partial charge is 0.477 e. The Kier molecular flexibility index (Phi) is 4.44. The quantitative estimate of drug-likeness (QED) is 0.774. The molecule has 7 heteroatoms. The van der Waals surface area contributed by atoms with Crippen LogP contribution in [-0.2, 0) is 10.0 Å². The molecule has 0 aromatic carbocycles. The molecule has 17 heavy (non-hydrogen) atoms. The third kappa shape index (κ3) is 3.65. The number of rotatable bonds is 6. The molecule has 0 aliphatic heterocycles. The highest BCUT2D eigenvalue weighted by atomic mass is 32.2. The zero-order valence-corrected chi connectivity index (χ0v) is 10.8. The van der Waals surface area contributed by atoms with E-state index in [-0.39, 0.29) is 15.1 Å². The van der Waals surface area contributed by atoms with Gasteiger partial charge in [0.05, 0.1) is 0 Å². The van der Waals surface area contributed by atoms with Crippen LogP contribution >= 0.6 is 11.3 Å². The van der Waals surface area contributed by atoms with Crippen molar-refractivity contribution >= 4 is 27.3 Å². The van der Waals surface area contributed by atoms with Gasteiger partial charge in [-0.3, -0.25) is 0 Å². The summed E-state index contributed by atoms with van der Waals surface area (Å²) >= 11 is 0.732. The molecule has 2 N–H and O–H groups in total. The fraction of sp³-hybridized carbons (Fsp3) is 0.300. The Labute approximate surface area is 104 Å². The Morgan fingerprint density at radius 1 is 1.65 bits per heavy atom. The molecule has 0 fully saturated rings. The number of carbonyl (C=O) groups is 1. The normalized spacial score (nSPS) is 13.2. The molecule has 0 spiro atoms. The van der Waals surface area contributed by atoms with Crippen molar-refractivity contribution in [2.24, 2.45) is 0 Å². The summed E-state index contributed by atoms with van der Waals surface area (Å²) < 4.78 is 26.1. The van der Waals surface area contributed by atoms with Crippen molar-refractivity contribution in [3.63, 3.8) is 0 Å². The maximum absolute atomic E-state index is 11.8. The number of aromatic carboxylic acids is 1. The summed E-state index contributed by atoms with van der Waals surface area (Å²) in [7, 11) is -3.64. The van der Waals surface area contributed by atoms with Crippen molar-refractivity contribution in [3.05, 3.63) is 29.7 Å². The Bertz CT molecular complexity index is 518. The molecule has 5 nitrogen and oxygen atoms in total. The lowest BCUT2D eigenvalue weighted by Crippen LogP contribution is -2.31. The monoisotopic (exact) mass is 275 g/mol. The van der Waals surface area contributed by atoms with Gasteiger partial charge in [0, 0.05) is 6.04 Å². The molecule has 0 aliphatic rings. The smallest absolute Gasteiger partial charge is 0.345 e. The first-order valence-corrected chi connectivity index (χ1v) is 7.13. The van der Waals surface area contributed by atoms with Crippen molar-refractivity contribution in [1.82, 2.24) is 4.72 Å². The molecule has 0 bridgehead atoms. The van der Waals surface area contributed by atoms with E-state index in [1.807, 2.05) is 0 Å². The zero-order valence-electron chi connectivity index (χ0n) is 9.21. The lowest BCUT2D eigenvalue weighted by Gasteiger charge is -2.10. The van der Waals surface area contributed by atoms with Crippen LogP contribution in [0.1, 0.15) is 23.0 Å². The first kappa shape index (κ1) is 13.9. The van der Waals surface area contributed by atoms with Crippen molar-refractivity contribution < 1.29 is 18.3 Å². The summed E-state index contributed by atoms with van der Waals surface area (Å²) in [6, 6.07) is 2.30. The van der Waals surface area contributed by atoms with E-state index in [2.05, 4.69) is 11.3 Å². The highest BCUT2D eigenvalue weighted by Gasteiger charge is 2.20. The highest BCUT2D eigenvalue weighted by molar-refractivity contribution is 7.91. The van der Waals surface area contributed by atoms with Crippen LogP contribution in [0.5, 0.6) is 0 Å². The van der Waals surface area contributed by atoms with E-state index >= 15 is 0 Å². The van der Waals surface area contributed by atoms with Gasteiger partial charge in [0.1, 0.15) is 9.09 Å². The minimum atomic E-state index is -3.64. The van der Waals surface area contributed by atoms with Crippen molar-refractivity contribution in [2.75, 3.05) is 0 Å². The van der Waals surface area contributed by atoms with Gasteiger partial charge in [-0.25, -0.2) is 17.9 Å². The topological polar surface area (TPSA) is 83.5 Å². The van der Waals surface area contributed by atoms with Gasteiger partial charge in [-0.05, 0) is 25.5 Å². The molecule has 0 aliphatic carbocycles. The SMILES string of the molecule is C=CCC(C)NS(=O)(=O)c1ccc(C(=O)O)s1. The maximum Gasteiger partial charge on any atom is 0.345 e. The van der Waals surface area contributed by atoms with Crippen LogP contribution in [0.4, 0.5) is 0 Å². The number of hydrogen-bond acceptors (Lipinski definition) is 4. The lowest BCUT2D eigenvalue weighted by molar-refractivity contribution is 0.0702. The van der Waals surface area contributed by atoms with Gasteiger partial charge in [-0.15, -0.1) is 17.9 Å². The van der Waals surface area contributed by atoms with Crippen LogP contribution in [0.25, 0.3) is 0 Å². The van der Waals surface area contributed by atoms with Gasteiger partial charge in [0.15, 0.2) is 0 Å². The molecule has 94 valence electrons. The number of hydrogen-bond donors (Lipinski definition) is 2. The minimum Gasteiger partial charge on any atom is -0.477 e. The Balaban J connectivity index is 2.89. The Hall–Kier alpha value is -1.18. The van der Waals surface area contributed by atoms with Crippen LogP contribution in [0.3, 0.4) is 0 Å². The van der Waals surface area contributed by atoms with E-state index in [0.717, 1.165) is 11.3 Å². The van der Waals surface area contributed by atoms with Crippen molar-refractivity contribution in [1.29, 1.82) is 0 Å². The molecule has 1 aromatic rings. The predicted octanol–water partition coefficient (Wildman–Crippen LogP) is 1.69. The van der Waals surface area contributed by atoms with E-state index < -0.39 is 16.0 Å². The third-order valence-corrected chi connectivity index (χ3v) is 5.09. The second-order valence-electron chi connectivity index (χ2n) is 3.47. The number of nitrogens with one attached hydrogen (secondary N) is 1. The predicted molar refractivity (Wildman–Crippen MR) is 65.9 cm³/mol. The van der Waals surface area contributed by atoms with Gasteiger partial charge in [-0.2, -0.15) is 0 Å². The molecule has 0 amide bonds. The molecular weight excluding hydrogens is 262 g/mol. The number of thiophene rings is 1. The number of sulfonamides is 1. The van der Waals surface area contributed by atoms with Gasteiger partial charge < -0.3 is 5.11 Å². The van der Waals surface area contributed by atoms with Crippen LogP contribution in [0, 0.1) is 0 Å². The molecule has 0 saturated carbocycles. The Morgan fingerprint density at radius 3 is 2.76 bits per heavy atom. The first-order valence-electron chi connectivity index (χ1n) is 4.83. The zero-order chi connectivity index (χ0) is 13.1. The van der Waals surface area contributed by atoms with E-state index in [1.165, 1.54) is 12.1 Å². The Morgan fingerprint density at radius 2 is 2.29 bits per heavy atom. The average molecular weight is 275 g/mol. The summed E-state index contributed by atoms with van der Waals surface area (Å²) in [6.07, 6.45) is 2.13. The summed E-state index contributed by atoms with van der Waals surface area (Å²) in [5, 5.41) is 8.71. The molecule has 1 heterocycles. The molecular formula is C10H13NO4S2. The number of carboxylic acid groups (broad SMARTS) is 1. The van der Waals surface area contributed by atoms with Crippen LogP contribution in [-0.4, -0.2) is 25.5 Å². The van der Waals surface area contributed by atoms with E-state index in [9.17, 15) is 13.2 Å². The van der Waals surface area contributed by atoms with Crippen LogP contribution in [0.2, 0.25) is 0 Å². The lowest BCUT2D eigenvalue weighted by atomic mass is 10.3. The van der Waals surface area contributed by atoms with E-state index in [0.29, 0.717) is 6.42 Å². The molecule has 1 unspecified atom stereocenters. The second-order valence-corrected chi connectivity index (χ2v) is 6.50. The van der Waals surface area contributed by atoms with Gasteiger partial charge in [0.25, 0.3) is 0 Å². The standard InChI is InChI=1S/C10H13NO4S2/c1-3-4-7(2)11-17(14,15)9-6-5-8(16-9)10(12)13/h3,5-7,11H,1,4H2,2H3,(H,12,13). The molecule has 0 saturated heterocycles. The van der Waals surface area contributed by atoms with E-state index in [4.69, 9.17) is 5.11 Å². The molecule has 1 atom stereocenters. The fourth-order valence-corrected chi connectivity index (χ4v) is 3.62. The van der Waals surface area contributed by atoms with Crippen LogP contribution in [0.15, 0.2) is 29.0 Å². The summed E-state index contributed by atoms with van der Waals surface area (Å²) in [4.78, 5) is 10.6. The molecule has 1 rings (SSSR count). The average Bonchev–Trinajstić information content (AvgIpc) is 2.65. The van der Waals surface area contributed by atoms with Gasteiger partial charge >= 0.3 is 5.97 Å². The second kappa shape index (κ2) is 5.44. The minimum absolute atomic E-state index is 0.00162. The number of carboxylic acids is 1. The van der Waals surface area contributed by atoms with E-state index in [1.54, 1.807) is 13.0 Å². The van der Waals surface area contributed by atoms with Crippen molar-refractivity contribution in [3.8, 4) is 0 Å². The highest BCUT2D eigenvalue weighted by Crippen LogP contribution is 2.21. The van der Waals surface area contributed by atoms with Crippen molar-refractivity contribution in [2.45, 2.75) is 23.6 Å². The van der Waals surface area contributed by atoms with Gasteiger partial charge in [0.2, 0.25) is 10.0 Å². The fourth-order valence-electron chi connectivity index (χ4n) is 1.20. The molecule has 0 radical (unpaired) electrons. The summed E-state index contributed by atoms with van der Waals surface area (Å²) in [6.45, 7) is 5.23. The first-order chi connectivity index (χ1) is 7.86.